The van der Waals surface area contributed by atoms with Gasteiger partial charge in [0.15, 0.2) is 0 Å². The van der Waals surface area contributed by atoms with Gasteiger partial charge in [0.1, 0.15) is 0 Å². The highest BCUT2D eigenvalue weighted by molar-refractivity contribution is 4.66. The van der Waals surface area contributed by atoms with E-state index >= 15 is 0 Å². The molecular weight excluding hydrogens is 144 g/mol. The minimum Gasteiger partial charge on any atom is -0.0654 e. The van der Waals surface area contributed by atoms with Crippen LogP contribution < -0.4 is 0 Å². The summed E-state index contributed by atoms with van der Waals surface area (Å²) in [6, 6.07) is 0. The molecule has 72 valence electrons. The summed E-state index contributed by atoms with van der Waals surface area (Å²) < 4.78 is 0. The fourth-order valence-corrected chi connectivity index (χ4v) is 2.50. The van der Waals surface area contributed by atoms with E-state index in [1.54, 1.807) is 0 Å². The normalized spacial score (nSPS) is 32.5. The van der Waals surface area contributed by atoms with Crippen LogP contribution in [0.1, 0.15) is 65.2 Å². The summed E-state index contributed by atoms with van der Waals surface area (Å²) >= 11 is 0. The predicted octanol–water partition coefficient (Wildman–Crippen LogP) is 4.39. The van der Waals surface area contributed by atoms with Crippen LogP contribution in [0.5, 0.6) is 0 Å². The first kappa shape index (κ1) is 10.1. The summed E-state index contributed by atoms with van der Waals surface area (Å²) in [5, 5.41) is 0. The van der Waals surface area contributed by atoms with Gasteiger partial charge in [0, 0.05) is 0 Å². The van der Waals surface area contributed by atoms with Crippen LogP contribution in [0.3, 0.4) is 0 Å². The molecular formula is C12H24. The van der Waals surface area contributed by atoms with E-state index in [0.29, 0.717) is 0 Å². The largest absolute Gasteiger partial charge is 0.0654 e. The molecule has 0 aromatic rings. The second kappa shape index (κ2) is 5.61. The highest BCUT2D eigenvalue weighted by Gasteiger charge is 2.13. The van der Waals surface area contributed by atoms with Crippen LogP contribution >= 0.6 is 0 Å². The smallest absolute Gasteiger partial charge is 0.0414 e. The third-order valence-electron chi connectivity index (χ3n) is 3.32. The summed E-state index contributed by atoms with van der Waals surface area (Å²) in [5.41, 5.74) is 0. The van der Waals surface area contributed by atoms with Crippen LogP contribution in [0.2, 0.25) is 0 Å². The van der Waals surface area contributed by atoms with Gasteiger partial charge in [-0.1, -0.05) is 65.2 Å². The van der Waals surface area contributed by atoms with E-state index in [0.717, 1.165) is 11.8 Å². The first-order valence-corrected chi connectivity index (χ1v) is 5.83. The molecule has 0 atom stereocenters. The van der Waals surface area contributed by atoms with Gasteiger partial charge >= 0.3 is 0 Å². The second-order valence-corrected chi connectivity index (χ2v) is 4.62. The Bertz CT molecular complexity index is 96.6. The van der Waals surface area contributed by atoms with Crippen molar-refractivity contribution < 1.29 is 0 Å². The van der Waals surface area contributed by atoms with E-state index in [4.69, 9.17) is 0 Å². The lowest BCUT2D eigenvalue weighted by atomic mass is 9.85. The van der Waals surface area contributed by atoms with E-state index in [1.807, 2.05) is 0 Å². The molecule has 0 unspecified atom stereocenters. The molecule has 12 heavy (non-hydrogen) atoms. The summed E-state index contributed by atoms with van der Waals surface area (Å²) in [7, 11) is 0. The van der Waals surface area contributed by atoms with Gasteiger partial charge in [-0.05, 0) is 11.8 Å². The van der Waals surface area contributed by atoms with Crippen LogP contribution in [0.4, 0.5) is 0 Å². The summed E-state index contributed by atoms with van der Waals surface area (Å²) in [6.45, 7) is 4.74. The predicted molar refractivity (Wildman–Crippen MR) is 55.3 cm³/mol. The minimum absolute atomic E-state index is 1.01. The van der Waals surface area contributed by atoms with Gasteiger partial charge in [-0.15, -0.1) is 0 Å². The van der Waals surface area contributed by atoms with Gasteiger partial charge in [0.2, 0.25) is 0 Å². The van der Waals surface area contributed by atoms with Crippen LogP contribution in [0.25, 0.3) is 0 Å². The highest BCUT2D eigenvalue weighted by Crippen LogP contribution is 2.28. The maximum atomic E-state index is 2.42. The van der Waals surface area contributed by atoms with E-state index in [2.05, 4.69) is 13.8 Å². The number of hydrogen-bond acceptors (Lipinski definition) is 0. The van der Waals surface area contributed by atoms with Crippen LogP contribution in [-0.4, -0.2) is 0 Å². The zero-order chi connectivity index (χ0) is 8.81. The highest BCUT2D eigenvalue weighted by atomic mass is 14.2. The van der Waals surface area contributed by atoms with E-state index in [1.165, 1.54) is 51.4 Å². The molecule has 1 fully saturated rings. The van der Waals surface area contributed by atoms with Crippen molar-refractivity contribution in [1.82, 2.24) is 0 Å². The molecule has 0 spiro atoms. The second-order valence-electron chi connectivity index (χ2n) is 4.62. The number of rotatable bonds is 2. The average Bonchev–Trinajstić information content (AvgIpc) is 2.00. The lowest BCUT2D eigenvalue weighted by molar-refractivity contribution is 0.316. The van der Waals surface area contributed by atoms with E-state index in [-0.39, 0.29) is 0 Å². The van der Waals surface area contributed by atoms with Gasteiger partial charge in [0.25, 0.3) is 0 Å². The zero-order valence-corrected chi connectivity index (χ0v) is 8.81. The molecule has 0 aromatic carbocycles. The van der Waals surface area contributed by atoms with Crippen molar-refractivity contribution in [1.29, 1.82) is 0 Å². The molecule has 1 rings (SSSR count). The molecule has 1 aliphatic carbocycles. The molecule has 0 bridgehead atoms. The Kier molecular flexibility index (Phi) is 4.72. The topological polar surface area (TPSA) is 0 Å². The van der Waals surface area contributed by atoms with E-state index in [9.17, 15) is 0 Å². The Morgan fingerprint density at radius 1 is 1.00 bits per heavy atom. The molecule has 0 nitrogen and oxygen atoms in total. The molecule has 1 saturated carbocycles. The molecule has 0 aliphatic heterocycles. The van der Waals surface area contributed by atoms with Crippen molar-refractivity contribution >= 4 is 0 Å². The zero-order valence-electron chi connectivity index (χ0n) is 8.81. The van der Waals surface area contributed by atoms with Crippen molar-refractivity contribution in [3.63, 3.8) is 0 Å². The van der Waals surface area contributed by atoms with Gasteiger partial charge in [0.05, 0.1) is 0 Å². The Hall–Kier alpha value is 0. The molecule has 0 radical (unpaired) electrons. The van der Waals surface area contributed by atoms with Crippen molar-refractivity contribution in [3.05, 3.63) is 0 Å². The maximum absolute atomic E-state index is 2.42. The standard InChI is InChI=1S/C12H24/c1-3-6-12-9-4-7-11(2)8-5-10-12/h11-12H,3-10H2,1-2H3. The van der Waals surface area contributed by atoms with Crippen molar-refractivity contribution in [3.8, 4) is 0 Å². The Morgan fingerprint density at radius 3 is 2.08 bits per heavy atom. The molecule has 0 amide bonds. The maximum Gasteiger partial charge on any atom is -0.0414 e. The summed E-state index contributed by atoms with van der Waals surface area (Å²) in [5.74, 6) is 2.08. The van der Waals surface area contributed by atoms with E-state index < -0.39 is 0 Å². The molecule has 1 aliphatic rings. The Balaban J connectivity index is 2.20. The Labute approximate surface area is 77.7 Å². The molecule has 0 saturated heterocycles. The van der Waals surface area contributed by atoms with Crippen LogP contribution in [0.15, 0.2) is 0 Å². The third kappa shape index (κ3) is 3.60. The minimum atomic E-state index is 1.01. The lowest BCUT2D eigenvalue weighted by Gasteiger charge is -2.21. The van der Waals surface area contributed by atoms with Crippen molar-refractivity contribution in [2.24, 2.45) is 11.8 Å². The fraction of sp³-hybridized carbons (Fsp3) is 1.00. The van der Waals surface area contributed by atoms with Crippen molar-refractivity contribution in [2.45, 2.75) is 65.2 Å². The fourth-order valence-electron chi connectivity index (χ4n) is 2.50. The summed E-state index contributed by atoms with van der Waals surface area (Å²) in [4.78, 5) is 0. The van der Waals surface area contributed by atoms with Gasteiger partial charge in [-0.2, -0.15) is 0 Å². The van der Waals surface area contributed by atoms with Crippen molar-refractivity contribution in [2.75, 3.05) is 0 Å². The average molecular weight is 168 g/mol. The first-order valence-electron chi connectivity index (χ1n) is 5.83. The lowest BCUT2D eigenvalue weighted by Crippen LogP contribution is -2.07. The van der Waals surface area contributed by atoms with Crippen LogP contribution in [-0.2, 0) is 0 Å². The first-order chi connectivity index (χ1) is 5.83. The SMILES string of the molecule is CCCC1CCCC(C)CCC1. The molecule has 0 N–H and O–H groups in total. The third-order valence-corrected chi connectivity index (χ3v) is 3.32. The number of hydrogen-bond donors (Lipinski definition) is 0. The van der Waals surface area contributed by atoms with Crippen LogP contribution in [0, 0.1) is 11.8 Å². The molecule has 0 heteroatoms. The monoisotopic (exact) mass is 168 g/mol. The Morgan fingerprint density at radius 2 is 1.58 bits per heavy atom. The van der Waals surface area contributed by atoms with Gasteiger partial charge in [-0.25, -0.2) is 0 Å². The molecule has 0 aromatic heterocycles. The van der Waals surface area contributed by atoms with Gasteiger partial charge in [-0.3, -0.25) is 0 Å². The van der Waals surface area contributed by atoms with Gasteiger partial charge < -0.3 is 0 Å². The molecule has 0 heterocycles. The summed E-state index contributed by atoms with van der Waals surface area (Å²) in [6.07, 6.45) is 11.9. The quantitative estimate of drug-likeness (QED) is 0.573.